The lowest BCUT2D eigenvalue weighted by Crippen LogP contribution is -2.35. The van der Waals surface area contributed by atoms with E-state index in [2.05, 4.69) is 63.9 Å². The van der Waals surface area contributed by atoms with Crippen LogP contribution >= 0.6 is 0 Å². The number of hydrogen-bond acceptors (Lipinski definition) is 6. The van der Waals surface area contributed by atoms with Crippen LogP contribution in [0.15, 0.2) is 36.9 Å². The molecule has 0 radical (unpaired) electrons. The van der Waals surface area contributed by atoms with Crippen LogP contribution in [0.4, 0.5) is 17.5 Å². The molecule has 1 aliphatic rings. The average Bonchev–Trinajstić information content (AvgIpc) is 3.22. The van der Waals surface area contributed by atoms with Gasteiger partial charge < -0.3 is 19.5 Å². The first-order valence-corrected chi connectivity index (χ1v) is 11.6. The third-order valence-corrected chi connectivity index (χ3v) is 6.08. The molecule has 170 valence electrons. The highest BCUT2D eigenvalue weighted by Crippen LogP contribution is 2.33. The van der Waals surface area contributed by atoms with Gasteiger partial charge in [0.2, 0.25) is 5.95 Å². The van der Waals surface area contributed by atoms with E-state index >= 15 is 0 Å². The fourth-order valence-corrected chi connectivity index (χ4v) is 4.28. The second-order valence-electron chi connectivity index (χ2n) is 8.84. The van der Waals surface area contributed by atoms with Gasteiger partial charge in [0, 0.05) is 37.2 Å². The van der Waals surface area contributed by atoms with Gasteiger partial charge in [-0.05, 0) is 68.9 Å². The third-order valence-electron chi connectivity index (χ3n) is 6.08. The topological polar surface area (TPSA) is 68.1 Å². The van der Waals surface area contributed by atoms with E-state index in [0.29, 0.717) is 18.6 Å². The molecule has 32 heavy (non-hydrogen) atoms. The van der Waals surface area contributed by atoms with Gasteiger partial charge in [-0.1, -0.05) is 13.8 Å². The summed E-state index contributed by atoms with van der Waals surface area (Å²) in [4.78, 5) is 16.0. The van der Waals surface area contributed by atoms with Gasteiger partial charge in [-0.25, -0.2) is 9.97 Å². The monoisotopic (exact) mass is 434 g/mol. The van der Waals surface area contributed by atoms with Crippen LogP contribution in [0.1, 0.15) is 62.4 Å². The molecule has 7 nitrogen and oxygen atoms in total. The molecule has 1 saturated heterocycles. The van der Waals surface area contributed by atoms with Crippen molar-refractivity contribution in [1.29, 1.82) is 0 Å². The maximum Gasteiger partial charge on any atom is 0.227 e. The molecule has 4 rings (SSSR count). The van der Waals surface area contributed by atoms with Crippen LogP contribution < -0.4 is 15.0 Å². The minimum Gasteiger partial charge on any atom is -0.494 e. The number of ether oxygens (including phenoxy) is 1. The molecular weight excluding hydrogens is 400 g/mol. The first kappa shape index (κ1) is 22.1. The average molecular weight is 435 g/mol. The van der Waals surface area contributed by atoms with Crippen LogP contribution in [-0.2, 0) is 0 Å². The minimum absolute atomic E-state index is 0.374. The molecular formula is C25H34N6O. The summed E-state index contributed by atoms with van der Waals surface area (Å²) in [7, 11) is 0. The Kier molecular flexibility index (Phi) is 6.63. The lowest BCUT2D eigenvalue weighted by Gasteiger charge is -2.32. The molecule has 1 aliphatic heterocycles. The number of nitrogens with one attached hydrogen (secondary N) is 1. The lowest BCUT2D eigenvalue weighted by atomic mass is 9.99. The Morgan fingerprint density at radius 1 is 1.16 bits per heavy atom. The molecule has 2 aromatic heterocycles. The van der Waals surface area contributed by atoms with Crippen LogP contribution in [0.3, 0.4) is 0 Å². The molecule has 3 aromatic rings. The maximum absolute atomic E-state index is 5.86. The molecule has 0 atom stereocenters. The molecule has 0 spiro atoms. The third kappa shape index (κ3) is 4.87. The maximum atomic E-state index is 5.86. The summed E-state index contributed by atoms with van der Waals surface area (Å²) in [5.41, 5.74) is 4.45. The molecule has 1 N–H and O–H groups in total. The van der Waals surface area contributed by atoms with E-state index in [1.807, 2.05) is 32.4 Å². The van der Waals surface area contributed by atoms with Crippen LogP contribution in [0.25, 0.3) is 0 Å². The van der Waals surface area contributed by atoms with Crippen LogP contribution in [-0.4, -0.2) is 39.2 Å². The van der Waals surface area contributed by atoms with E-state index in [1.54, 1.807) is 0 Å². The number of aromatic nitrogens is 4. The SMILES string of the molecule is CCOc1cc(C)c(Nc2ccnc(N3CCC(n4cnc(C)c4)CC3)n2)cc1C(C)C. The van der Waals surface area contributed by atoms with Crippen molar-refractivity contribution in [3.8, 4) is 5.75 Å². The van der Waals surface area contributed by atoms with Crippen molar-refractivity contribution >= 4 is 17.5 Å². The molecule has 0 saturated carbocycles. The second kappa shape index (κ2) is 9.59. The van der Waals surface area contributed by atoms with E-state index < -0.39 is 0 Å². The van der Waals surface area contributed by atoms with Crippen LogP contribution in [0, 0.1) is 13.8 Å². The molecule has 0 aliphatic carbocycles. The number of aryl methyl sites for hydroxylation is 2. The molecule has 0 amide bonds. The highest BCUT2D eigenvalue weighted by atomic mass is 16.5. The first-order chi connectivity index (χ1) is 15.4. The van der Waals surface area contributed by atoms with Crippen molar-refractivity contribution in [2.75, 3.05) is 29.9 Å². The number of rotatable bonds is 7. The standard InChI is InChI=1S/C25H34N6O/c1-6-32-23-13-18(4)22(14-21(23)17(2)3)28-24-7-10-26-25(29-24)30-11-8-20(9-12-30)31-15-19(5)27-16-31/h7,10,13-17,20H,6,8-9,11-12H2,1-5H3,(H,26,28,29). The van der Waals surface area contributed by atoms with E-state index in [9.17, 15) is 0 Å². The van der Waals surface area contributed by atoms with Crippen LogP contribution in [0.2, 0.25) is 0 Å². The summed E-state index contributed by atoms with van der Waals surface area (Å²) >= 11 is 0. The number of hydrogen-bond donors (Lipinski definition) is 1. The highest BCUT2D eigenvalue weighted by molar-refractivity contribution is 5.64. The van der Waals surface area contributed by atoms with Crippen molar-refractivity contribution in [3.63, 3.8) is 0 Å². The lowest BCUT2D eigenvalue weighted by molar-refractivity contribution is 0.335. The summed E-state index contributed by atoms with van der Waals surface area (Å²) < 4.78 is 8.10. The molecule has 1 aromatic carbocycles. The van der Waals surface area contributed by atoms with Gasteiger partial charge in [0.15, 0.2) is 0 Å². The Morgan fingerprint density at radius 3 is 2.59 bits per heavy atom. The fraction of sp³-hybridized carbons (Fsp3) is 0.480. The summed E-state index contributed by atoms with van der Waals surface area (Å²) in [6, 6.07) is 6.72. The zero-order valence-electron chi connectivity index (χ0n) is 19.8. The predicted molar refractivity (Wildman–Crippen MR) is 129 cm³/mol. The number of piperidine rings is 1. The predicted octanol–water partition coefficient (Wildman–Crippen LogP) is 5.40. The van der Waals surface area contributed by atoms with Gasteiger partial charge in [-0.2, -0.15) is 4.98 Å². The van der Waals surface area contributed by atoms with Gasteiger partial charge in [-0.3, -0.25) is 0 Å². The van der Waals surface area contributed by atoms with Crippen molar-refractivity contribution in [3.05, 3.63) is 53.7 Å². The molecule has 3 heterocycles. The smallest absolute Gasteiger partial charge is 0.227 e. The van der Waals surface area contributed by atoms with Gasteiger partial charge in [0.25, 0.3) is 0 Å². The van der Waals surface area contributed by atoms with Crippen molar-refractivity contribution < 1.29 is 4.74 Å². The van der Waals surface area contributed by atoms with Gasteiger partial charge >= 0.3 is 0 Å². The number of benzene rings is 1. The zero-order chi connectivity index (χ0) is 22.7. The fourth-order valence-electron chi connectivity index (χ4n) is 4.28. The number of anilines is 3. The Bertz CT molecular complexity index is 1050. The Hall–Kier alpha value is -3.09. The van der Waals surface area contributed by atoms with Crippen molar-refractivity contribution in [2.45, 2.75) is 59.4 Å². The van der Waals surface area contributed by atoms with Crippen molar-refractivity contribution in [1.82, 2.24) is 19.5 Å². The molecule has 1 fully saturated rings. The van der Waals surface area contributed by atoms with E-state index in [1.165, 1.54) is 5.56 Å². The molecule has 7 heteroatoms. The molecule has 0 bridgehead atoms. The quantitative estimate of drug-likeness (QED) is 0.537. The van der Waals surface area contributed by atoms with Crippen molar-refractivity contribution in [2.24, 2.45) is 0 Å². The van der Waals surface area contributed by atoms with E-state index in [-0.39, 0.29) is 0 Å². The highest BCUT2D eigenvalue weighted by Gasteiger charge is 2.22. The summed E-state index contributed by atoms with van der Waals surface area (Å²) in [5, 5.41) is 3.51. The number of nitrogens with zero attached hydrogens (tertiary/aromatic N) is 5. The largest absolute Gasteiger partial charge is 0.494 e. The Labute approximate surface area is 190 Å². The van der Waals surface area contributed by atoms with Gasteiger partial charge in [0.1, 0.15) is 11.6 Å². The normalized spacial score (nSPS) is 14.8. The summed E-state index contributed by atoms with van der Waals surface area (Å²) in [5.74, 6) is 2.93. The van der Waals surface area contributed by atoms with Gasteiger partial charge in [-0.15, -0.1) is 0 Å². The van der Waals surface area contributed by atoms with E-state index in [0.717, 1.165) is 60.4 Å². The Morgan fingerprint density at radius 2 is 1.94 bits per heavy atom. The second-order valence-corrected chi connectivity index (χ2v) is 8.84. The summed E-state index contributed by atoms with van der Waals surface area (Å²) in [6.07, 6.45) is 8.04. The minimum atomic E-state index is 0.374. The summed E-state index contributed by atoms with van der Waals surface area (Å²) in [6.45, 7) is 13.1. The van der Waals surface area contributed by atoms with Gasteiger partial charge in [0.05, 0.1) is 18.6 Å². The van der Waals surface area contributed by atoms with E-state index in [4.69, 9.17) is 9.72 Å². The zero-order valence-corrected chi connectivity index (χ0v) is 19.8. The number of imidazole rings is 1. The Balaban J connectivity index is 1.47. The molecule has 0 unspecified atom stereocenters. The van der Waals surface area contributed by atoms with Crippen LogP contribution in [0.5, 0.6) is 5.75 Å². The first-order valence-electron chi connectivity index (χ1n) is 11.6.